The molecule has 28 heavy (non-hydrogen) atoms. The second-order valence-electron chi connectivity index (χ2n) is 7.84. The molecule has 0 aliphatic carbocycles. The number of fused-ring (bicyclic) bond motifs is 1. The van der Waals surface area contributed by atoms with E-state index in [-0.39, 0.29) is 23.8 Å². The Morgan fingerprint density at radius 3 is 2.75 bits per heavy atom. The summed E-state index contributed by atoms with van der Waals surface area (Å²) < 4.78 is 0.597. The Bertz CT molecular complexity index is 913. The van der Waals surface area contributed by atoms with Gasteiger partial charge in [0, 0.05) is 31.7 Å². The molecule has 2 aliphatic rings. The van der Waals surface area contributed by atoms with E-state index in [4.69, 9.17) is 11.6 Å². The van der Waals surface area contributed by atoms with Crippen molar-refractivity contribution in [1.82, 2.24) is 15.1 Å². The molecule has 4 rings (SSSR count). The number of halogens is 1. The lowest BCUT2D eigenvalue weighted by atomic mass is 9.97. The van der Waals surface area contributed by atoms with Gasteiger partial charge in [0.25, 0.3) is 11.8 Å². The van der Waals surface area contributed by atoms with Crippen molar-refractivity contribution >= 4 is 34.8 Å². The van der Waals surface area contributed by atoms with Gasteiger partial charge < -0.3 is 15.1 Å². The summed E-state index contributed by atoms with van der Waals surface area (Å²) in [6.07, 6.45) is 0.978. The number of hydrogen-bond donors (Lipinski definition) is 1. The summed E-state index contributed by atoms with van der Waals surface area (Å²) in [5.41, 5.74) is 3.32. The van der Waals surface area contributed by atoms with Crippen molar-refractivity contribution in [2.45, 2.75) is 25.9 Å². The number of likely N-dealkylation sites (tertiary alicyclic amines) is 1. The highest BCUT2D eigenvalue weighted by Crippen LogP contribution is 2.25. The fourth-order valence-electron chi connectivity index (χ4n) is 4.01. The van der Waals surface area contributed by atoms with E-state index in [1.807, 2.05) is 11.0 Å². The molecule has 2 amide bonds. The summed E-state index contributed by atoms with van der Waals surface area (Å²) in [7, 11) is 2.12. The third-order valence-electron chi connectivity index (χ3n) is 5.67. The molecular formula is C21H24ClN3O2S. The zero-order valence-corrected chi connectivity index (χ0v) is 17.6. The summed E-state index contributed by atoms with van der Waals surface area (Å²) >= 11 is 7.19. The van der Waals surface area contributed by atoms with Gasteiger partial charge in [-0.2, -0.15) is 0 Å². The Morgan fingerprint density at radius 1 is 1.18 bits per heavy atom. The van der Waals surface area contributed by atoms with Gasteiger partial charge in [-0.15, -0.1) is 11.3 Å². The van der Waals surface area contributed by atoms with E-state index >= 15 is 0 Å². The highest BCUT2D eigenvalue weighted by molar-refractivity contribution is 7.18. The van der Waals surface area contributed by atoms with Gasteiger partial charge in [-0.3, -0.25) is 9.59 Å². The van der Waals surface area contributed by atoms with Crippen molar-refractivity contribution in [3.8, 4) is 0 Å². The van der Waals surface area contributed by atoms with Gasteiger partial charge in [0.15, 0.2) is 0 Å². The van der Waals surface area contributed by atoms with Crippen LogP contribution in [0.5, 0.6) is 0 Å². The fraction of sp³-hybridized carbons (Fsp3) is 0.429. The lowest BCUT2D eigenvalue weighted by molar-refractivity contribution is 0.0781. The second kappa shape index (κ2) is 7.85. The van der Waals surface area contributed by atoms with E-state index in [2.05, 4.69) is 36.3 Å². The Hall–Kier alpha value is -1.89. The molecule has 0 spiro atoms. The number of benzene rings is 1. The van der Waals surface area contributed by atoms with Crippen LogP contribution >= 0.6 is 22.9 Å². The molecule has 1 saturated heterocycles. The van der Waals surface area contributed by atoms with Crippen LogP contribution in [-0.2, 0) is 13.0 Å². The van der Waals surface area contributed by atoms with Gasteiger partial charge in [0.05, 0.1) is 15.3 Å². The quantitative estimate of drug-likeness (QED) is 0.833. The second-order valence-corrected chi connectivity index (χ2v) is 9.56. The molecule has 1 N–H and O–H groups in total. The summed E-state index contributed by atoms with van der Waals surface area (Å²) in [5.74, 6) is 0.125. The summed E-state index contributed by atoms with van der Waals surface area (Å²) in [4.78, 5) is 30.2. The smallest absolute Gasteiger partial charge is 0.261 e. The average molecular weight is 418 g/mol. The monoisotopic (exact) mass is 417 g/mol. The molecule has 1 aromatic carbocycles. The maximum absolute atomic E-state index is 13.0. The van der Waals surface area contributed by atoms with E-state index in [9.17, 15) is 9.59 Å². The molecule has 7 heteroatoms. The molecule has 2 atom stereocenters. The molecule has 3 heterocycles. The maximum atomic E-state index is 13.0. The van der Waals surface area contributed by atoms with Crippen LogP contribution in [0.2, 0.25) is 4.34 Å². The number of carbonyl (C=O) groups is 2. The van der Waals surface area contributed by atoms with E-state index in [0.29, 0.717) is 22.3 Å². The van der Waals surface area contributed by atoms with E-state index in [1.54, 1.807) is 12.1 Å². The largest absolute Gasteiger partial charge is 0.346 e. The third-order valence-corrected chi connectivity index (χ3v) is 6.90. The molecule has 1 fully saturated rings. The number of nitrogens with zero attached hydrogens (tertiary/aromatic N) is 2. The number of carbonyl (C=O) groups excluding carboxylic acids is 2. The van der Waals surface area contributed by atoms with Crippen LogP contribution in [-0.4, -0.2) is 54.3 Å². The first kappa shape index (κ1) is 19.4. The maximum Gasteiger partial charge on any atom is 0.261 e. The molecule has 148 valence electrons. The zero-order chi connectivity index (χ0) is 19.8. The first-order chi connectivity index (χ1) is 13.4. The first-order valence-electron chi connectivity index (χ1n) is 9.56. The van der Waals surface area contributed by atoms with Gasteiger partial charge in [-0.1, -0.05) is 24.6 Å². The minimum absolute atomic E-state index is 0.0458. The molecule has 1 aromatic heterocycles. The Kier molecular flexibility index (Phi) is 5.45. The minimum Gasteiger partial charge on any atom is -0.346 e. The van der Waals surface area contributed by atoms with Gasteiger partial charge in [-0.05, 0) is 54.8 Å². The SMILES string of the molecule is CC1CN(C(=O)c2ccc3c(c2)CCN(C)C3)CC1NC(=O)c1ccc(Cl)s1. The van der Waals surface area contributed by atoms with Crippen molar-refractivity contribution in [1.29, 1.82) is 0 Å². The molecular weight excluding hydrogens is 394 g/mol. The normalized spacial score (nSPS) is 22.2. The Morgan fingerprint density at radius 2 is 2.00 bits per heavy atom. The summed E-state index contributed by atoms with van der Waals surface area (Å²) in [5, 5.41) is 3.06. The van der Waals surface area contributed by atoms with Gasteiger partial charge in [0.1, 0.15) is 0 Å². The van der Waals surface area contributed by atoms with E-state index in [0.717, 1.165) is 25.1 Å². The van der Waals surface area contributed by atoms with Crippen LogP contribution in [0.15, 0.2) is 30.3 Å². The lowest BCUT2D eigenvalue weighted by Gasteiger charge is -2.25. The van der Waals surface area contributed by atoms with Crippen molar-refractivity contribution in [3.63, 3.8) is 0 Å². The van der Waals surface area contributed by atoms with Crippen molar-refractivity contribution in [3.05, 3.63) is 56.2 Å². The van der Waals surface area contributed by atoms with Crippen LogP contribution in [0.25, 0.3) is 0 Å². The van der Waals surface area contributed by atoms with E-state index < -0.39 is 0 Å². The van der Waals surface area contributed by atoms with Crippen LogP contribution in [0.3, 0.4) is 0 Å². The molecule has 0 radical (unpaired) electrons. The first-order valence-corrected chi connectivity index (χ1v) is 10.8. The van der Waals surface area contributed by atoms with Gasteiger partial charge in [-0.25, -0.2) is 0 Å². The predicted molar refractivity (Wildman–Crippen MR) is 112 cm³/mol. The zero-order valence-electron chi connectivity index (χ0n) is 16.1. The number of thiophene rings is 1. The molecule has 2 aromatic rings. The fourth-order valence-corrected chi connectivity index (χ4v) is 4.95. The Labute approximate surface area is 174 Å². The standard InChI is InChI=1S/C21H24ClN3O2S/c1-13-10-25(12-17(13)23-20(26)18-5-6-19(22)28-18)21(27)15-3-4-16-11-24(2)8-7-14(16)9-15/h3-6,9,13,17H,7-8,10-12H2,1-2H3,(H,23,26). The summed E-state index contributed by atoms with van der Waals surface area (Å²) in [6, 6.07) is 9.47. The van der Waals surface area contributed by atoms with Gasteiger partial charge in [0.2, 0.25) is 0 Å². The number of nitrogens with one attached hydrogen (secondary N) is 1. The number of rotatable bonds is 3. The van der Waals surface area contributed by atoms with Crippen LogP contribution < -0.4 is 5.32 Å². The number of amides is 2. The predicted octanol–water partition coefficient (Wildman–Crippen LogP) is 3.28. The van der Waals surface area contributed by atoms with Crippen LogP contribution in [0, 0.1) is 5.92 Å². The van der Waals surface area contributed by atoms with Gasteiger partial charge >= 0.3 is 0 Å². The highest BCUT2D eigenvalue weighted by Gasteiger charge is 2.34. The van der Waals surface area contributed by atoms with Crippen molar-refractivity contribution in [2.24, 2.45) is 5.92 Å². The number of likely N-dealkylation sites (N-methyl/N-ethyl adjacent to an activating group) is 1. The number of hydrogen-bond acceptors (Lipinski definition) is 4. The molecule has 5 nitrogen and oxygen atoms in total. The summed E-state index contributed by atoms with van der Waals surface area (Å²) in [6.45, 7) is 5.21. The Balaban J connectivity index is 1.43. The molecule has 2 unspecified atom stereocenters. The third kappa shape index (κ3) is 3.95. The highest BCUT2D eigenvalue weighted by atomic mass is 35.5. The minimum atomic E-state index is -0.124. The van der Waals surface area contributed by atoms with Crippen LogP contribution in [0.4, 0.5) is 0 Å². The van der Waals surface area contributed by atoms with Crippen LogP contribution in [0.1, 0.15) is 38.1 Å². The lowest BCUT2D eigenvalue weighted by Crippen LogP contribution is -2.40. The van der Waals surface area contributed by atoms with E-state index in [1.165, 1.54) is 22.5 Å². The molecule has 0 saturated carbocycles. The molecule has 0 bridgehead atoms. The van der Waals surface area contributed by atoms with Crippen molar-refractivity contribution < 1.29 is 9.59 Å². The topological polar surface area (TPSA) is 52.7 Å². The average Bonchev–Trinajstić information content (AvgIpc) is 3.27. The molecule has 2 aliphatic heterocycles. The van der Waals surface area contributed by atoms with Crippen molar-refractivity contribution in [2.75, 3.05) is 26.7 Å².